The molecule has 1 N–H and O–H groups in total. The van der Waals surface area contributed by atoms with Gasteiger partial charge in [-0.05, 0) is 36.6 Å². The van der Waals surface area contributed by atoms with Gasteiger partial charge in [0.25, 0.3) is 15.6 Å². The summed E-state index contributed by atoms with van der Waals surface area (Å²) in [6, 6.07) is 15.1. The van der Waals surface area contributed by atoms with Crippen molar-refractivity contribution in [1.82, 2.24) is 0 Å². The van der Waals surface area contributed by atoms with Gasteiger partial charge in [0.1, 0.15) is 9.84 Å². The first-order chi connectivity index (χ1) is 17.5. The van der Waals surface area contributed by atoms with Gasteiger partial charge < -0.3 is 14.1 Å². The molecule has 11 heteroatoms. The zero-order valence-electron chi connectivity index (χ0n) is 20.8. The van der Waals surface area contributed by atoms with Crippen LogP contribution in [0.15, 0.2) is 70.5 Å². The summed E-state index contributed by atoms with van der Waals surface area (Å²) in [5.74, 6) is 1.54. The SMILES string of the molecule is CCC(/C=C1\Oc2ccccc2N1CCCS(=O)(=O)O)=C\c1oc2ccccc2[n+]1CCCS(C)(=O)=O. The van der Waals surface area contributed by atoms with Gasteiger partial charge in [0.05, 0.1) is 23.3 Å². The Morgan fingerprint density at radius 1 is 1.03 bits per heavy atom. The Kier molecular flexibility index (Phi) is 8.05. The van der Waals surface area contributed by atoms with Gasteiger partial charge in [0.2, 0.25) is 11.5 Å². The Morgan fingerprint density at radius 2 is 1.76 bits per heavy atom. The van der Waals surface area contributed by atoms with E-state index < -0.39 is 20.0 Å². The van der Waals surface area contributed by atoms with Crippen molar-refractivity contribution in [2.45, 2.75) is 32.7 Å². The summed E-state index contributed by atoms with van der Waals surface area (Å²) in [7, 11) is -7.15. The summed E-state index contributed by atoms with van der Waals surface area (Å²) in [6.07, 6.45) is 6.37. The van der Waals surface area contributed by atoms with E-state index in [0.29, 0.717) is 49.0 Å². The number of benzene rings is 2. The number of allylic oxidation sites excluding steroid dienone is 2. The number of aromatic nitrogens is 1. The average Bonchev–Trinajstić information content (AvgIpc) is 3.35. The fourth-order valence-electron chi connectivity index (χ4n) is 4.23. The number of aryl methyl sites for hydroxylation is 1. The first-order valence-corrected chi connectivity index (χ1v) is 15.7. The molecule has 0 fully saturated rings. The topological polar surface area (TPSA) is 118 Å². The Labute approximate surface area is 217 Å². The molecule has 4 rings (SSSR count). The van der Waals surface area contributed by atoms with Gasteiger partial charge in [0, 0.05) is 31.4 Å². The van der Waals surface area contributed by atoms with Crippen LogP contribution < -0.4 is 14.2 Å². The summed E-state index contributed by atoms with van der Waals surface area (Å²) in [4.78, 5) is 1.89. The lowest BCUT2D eigenvalue weighted by Gasteiger charge is -2.18. The van der Waals surface area contributed by atoms with Crippen LogP contribution in [-0.2, 0) is 26.5 Å². The molecule has 0 atom stereocenters. The molecule has 2 aromatic carbocycles. The molecule has 0 spiro atoms. The molecule has 198 valence electrons. The Balaban J connectivity index is 1.67. The van der Waals surface area contributed by atoms with Crippen LogP contribution in [0.1, 0.15) is 32.1 Å². The van der Waals surface area contributed by atoms with Crippen molar-refractivity contribution in [1.29, 1.82) is 0 Å². The Bertz CT molecular complexity index is 1550. The second-order valence-electron chi connectivity index (χ2n) is 8.96. The number of hydrogen-bond acceptors (Lipinski definition) is 7. The molecule has 0 radical (unpaired) electrons. The van der Waals surface area contributed by atoms with Crippen LogP contribution in [0, 0.1) is 0 Å². The molecule has 0 unspecified atom stereocenters. The summed E-state index contributed by atoms with van der Waals surface area (Å²) in [5, 5.41) is 0. The van der Waals surface area contributed by atoms with E-state index >= 15 is 0 Å². The number of rotatable bonds is 11. The van der Waals surface area contributed by atoms with E-state index in [1.54, 1.807) is 0 Å². The molecule has 0 saturated carbocycles. The maximum absolute atomic E-state index is 11.7. The van der Waals surface area contributed by atoms with E-state index in [9.17, 15) is 16.8 Å². The standard InChI is InChI=1S/C26H30N2O7S2/c1-3-20(18-25-27(14-8-16-36(2,29)30)21-10-4-6-12-23(21)34-25)19-26-28(15-9-17-37(31,32)33)22-11-5-7-13-24(22)35-26/h4-7,10-13,18-19H,3,8-9,14-17H2,1-2H3/p+1. The smallest absolute Gasteiger partial charge is 0.374 e. The molecule has 37 heavy (non-hydrogen) atoms. The van der Waals surface area contributed by atoms with E-state index in [-0.39, 0.29) is 17.9 Å². The van der Waals surface area contributed by atoms with Crippen LogP contribution >= 0.6 is 0 Å². The van der Waals surface area contributed by atoms with Crippen LogP contribution in [0.25, 0.3) is 17.2 Å². The molecule has 1 aliphatic heterocycles. The highest BCUT2D eigenvalue weighted by Crippen LogP contribution is 2.39. The fourth-order valence-corrected chi connectivity index (χ4v) is 5.38. The maximum atomic E-state index is 11.7. The quantitative estimate of drug-likeness (QED) is 0.283. The number of oxazole rings is 1. The van der Waals surface area contributed by atoms with Crippen LogP contribution in [-0.4, -0.2) is 45.7 Å². The van der Waals surface area contributed by atoms with Gasteiger partial charge in [-0.1, -0.05) is 31.2 Å². The summed E-state index contributed by atoms with van der Waals surface area (Å²) >= 11 is 0. The lowest BCUT2D eigenvalue weighted by Crippen LogP contribution is -2.36. The van der Waals surface area contributed by atoms with Crippen LogP contribution in [0.5, 0.6) is 5.75 Å². The molecular formula is C26H31N2O7S2+. The van der Waals surface area contributed by atoms with Crippen molar-refractivity contribution in [2.24, 2.45) is 0 Å². The van der Waals surface area contributed by atoms with Gasteiger partial charge in [0.15, 0.2) is 12.3 Å². The van der Waals surface area contributed by atoms with Crippen molar-refractivity contribution in [3.05, 3.63) is 72.0 Å². The summed E-state index contributed by atoms with van der Waals surface area (Å²) in [5.41, 5.74) is 3.30. The zero-order chi connectivity index (χ0) is 26.6. The molecule has 1 aliphatic rings. The van der Waals surface area contributed by atoms with E-state index in [0.717, 1.165) is 16.8 Å². The van der Waals surface area contributed by atoms with E-state index in [1.165, 1.54) is 6.26 Å². The Morgan fingerprint density at radius 3 is 2.49 bits per heavy atom. The van der Waals surface area contributed by atoms with Gasteiger partial charge in [-0.25, -0.2) is 8.42 Å². The molecule has 3 aromatic rings. The minimum absolute atomic E-state index is 0.0813. The first-order valence-electron chi connectivity index (χ1n) is 12.0. The number of para-hydroxylation sites is 4. The molecule has 0 saturated heterocycles. The van der Waals surface area contributed by atoms with Crippen molar-refractivity contribution in [3.8, 4) is 5.75 Å². The molecular weight excluding hydrogens is 516 g/mol. The molecule has 2 heterocycles. The maximum Gasteiger partial charge on any atom is 0.374 e. The molecule has 1 aromatic heterocycles. The van der Waals surface area contributed by atoms with Crippen molar-refractivity contribution in [3.63, 3.8) is 0 Å². The van der Waals surface area contributed by atoms with E-state index in [1.807, 2.05) is 77.1 Å². The van der Waals surface area contributed by atoms with Crippen LogP contribution in [0.3, 0.4) is 0 Å². The highest BCUT2D eigenvalue weighted by Gasteiger charge is 2.27. The minimum atomic E-state index is -4.06. The highest BCUT2D eigenvalue weighted by molar-refractivity contribution is 7.90. The number of fused-ring (bicyclic) bond motifs is 2. The average molecular weight is 548 g/mol. The van der Waals surface area contributed by atoms with Gasteiger partial charge in [-0.2, -0.15) is 13.0 Å². The van der Waals surface area contributed by atoms with Gasteiger partial charge in [-0.3, -0.25) is 4.55 Å². The predicted octanol–water partition coefficient (Wildman–Crippen LogP) is 3.97. The normalized spacial score (nSPS) is 15.4. The predicted molar refractivity (Wildman–Crippen MR) is 143 cm³/mol. The molecule has 0 bridgehead atoms. The van der Waals surface area contributed by atoms with E-state index in [4.69, 9.17) is 13.7 Å². The third kappa shape index (κ3) is 7.00. The minimum Gasteiger partial charge on any atom is -0.439 e. The number of nitrogens with zero attached hydrogens (tertiary/aromatic N) is 2. The van der Waals surface area contributed by atoms with Crippen LogP contribution in [0.4, 0.5) is 5.69 Å². The molecule has 0 amide bonds. The Hall–Kier alpha value is -3.15. The number of anilines is 1. The van der Waals surface area contributed by atoms with Gasteiger partial charge in [-0.15, -0.1) is 0 Å². The third-order valence-corrected chi connectivity index (χ3v) is 7.81. The second-order valence-corrected chi connectivity index (χ2v) is 12.8. The van der Waals surface area contributed by atoms with E-state index in [2.05, 4.69) is 0 Å². The third-order valence-electron chi connectivity index (χ3n) is 5.98. The van der Waals surface area contributed by atoms with Crippen molar-refractivity contribution >= 4 is 42.8 Å². The van der Waals surface area contributed by atoms with Crippen molar-refractivity contribution in [2.75, 3.05) is 29.2 Å². The summed E-state index contributed by atoms with van der Waals surface area (Å²) in [6.45, 7) is 2.83. The lowest BCUT2D eigenvalue weighted by atomic mass is 10.1. The van der Waals surface area contributed by atoms with Gasteiger partial charge >= 0.3 is 5.89 Å². The largest absolute Gasteiger partial charge is 0.439 e. The molecule has 0 aliphatic carbocycles. The highest BCUT2D eigenvalue weighted by atomic mass is 32.2. The monoisotopic (exact) mass is 547 g/mol. The van der Waals surface area contributed by atoms with Crippen molar-refractivity contribution < 1.29 is 35.1 Å². The lowest BCUT2D eigenvalue weighted by molar-refractivity contribution is -0.677. The number of ether oxygens (including phenoxy) is 1. The number of hydrogen-bond donors (Lipinski definition) is 1. The first kappa shape index (κ1) is 26.9. The molecule has 9 nitrogen and oxygen atoms in total. The second kappa shape index (κ2) is 11.1. The fraction of sp³-hybridized carbons (Fsp3) is 0.346. The van der Waals surface area contributed by atoms with Crippen LogP contribution in [0.2, 0.25) is 0 Å². The number of sulfone groups is 1. The zero-order valence-corrected chi connectivity index (χ0v) is 22.5. The summed E-state index contributed by atoms with van der Waals surface area (Å²) < 4.78 is 69.1.